The zero-order valence-electron chi connectivity index (χ0n) is 14.9. The normalized spacial score (nSPS) is 10.5. The molecule has 0 spiro atoms. The lowest BCUT2D eigenvalue weighted by atomic mass is 10.1. The van der Waals surface area contributed by atoms with E-state index in [2.05, 4.69) is 5.16 Å². The van der Waals surface area contributed by atoms with Crippen molar-refractivity contribution < 1.29 is 23.5 Å². The maximum atomic E-state index is 12.0. The van der Waals surface area contributed by atoms with Gasteiger partial charge >= 0.3 is 5.97 Å². The molecule has 6 nitrogen and oxygen atoms in total. The van der Waals surface area contributed by atoms with Gasteiger partial charge in [-0.15, -0.1) is 0 Å². The van der Waals surface area contributed by atoms with Gasteiger partial charge < -0.3 is 18.7 Å². The van der Waals surface area contributed by atoms with Crippen molar-refractivity contribution in [1.82, 2.24) is 5.16 Å². The van der Waals surface area contributed by atoms with Crippen molar-refractivity contribution in [3.63, 3.8) is 0 Å². The summed E-state index contributed by atoms with van der Waals surface area (Å²) in [6.45, 7) is 0.0140. The molecule has 0 fully saturated rings. The van der Waals surface area contributed by atoms with E-state index in [9.17, 15) is 4.79 Å². The first-order chi connectivity index (χ1) is 13.1. The number of halogens is 1. The summed E-state index contributed by atoms with van der Waals surface area (Å²) < 4.78 is 21.1. The van der Waals surface area contributed by atoms with Gasteiger partial charge in [0.25, 0.3) is 0 Å². The Morgan fingerprint density at radius 2 is 1.85 bits per heavy atom. The summed E-state index contributed by atoms with van der Waals surface area (Å²) in [5, 5.41) is 4.47. The quantitative estimate of drug-likeness (QED) is 0.563. The molecule has 7 heteroatoms. The standard InChI is InChI=1S/C20H18ClNO5/c1-24-17-8-7-14(9-19(17)25-2)18-11-15(22-27-18)12-26-20(23)10-13-5-3-4-6-16(13)21/h3-9,11H,10,12H2,1-2H3. The van der Waals surface area contributed by atoms with Gasteiger partial charge in [-0.2, -0.15) is 0 Å². The smallest absolute Gasteiger partial charge is 0.310 e. The Bertz CT molecular complexity index is 938. The van der Waals surface area contributed by atoms with Crippen LogP contribution in [0.25, 0.3) is 11.3 Å². The SMILES string of the molecule is COc1ccc(-c2cc(COC(=O)Cc3ccccc3Cl)no2)cc1OC. The topological polar surface area (TPSA) is 70.8 Å². The molecule has 0 saturated carbocycles. The first-order valence-corrected chi connectivity index (χ1v) is 8.55. The molecular weight excluding hydrogens is 370 g/mol. The van der Waals surface area contributed by atoms with Crippen molar-refractivity contribution in [3.05, 3.63) is 64.8 Å². The summed E-state index contributed by atoms with van der Waals surface area (Å²) in [5.41, 5.74) is 2.00. The van der Waals surface area contributed by atoms with Crippen LogP contribution in [0.1, 0.15) is 11.3 Å². The third-order valence-corrected chi connectivity index (χ3v) is 4.27. The average molecular weight is 388 g/mol. The molecule has 0 bridgehead atoms. The molecule has 3 aromatic rings. The van der Waals surface area contributed by atoms with E-state index in [0.29, 0.717) is 28.0 Å². The number of carbonyl (C=O) groups excluding carboxylic acids is 1. The van der Waals surface area contributed by atoms with Crippen LogP contribution in [0.4, 0.5) is 0 Å². The summed E-state index contributed by atoms with van der Waals surface area (Å²) in [7, 11) is 3.13. The van der Waals surface area contributed by atoms with Gasteiger partial charge in [-0.05, 0) is 29.8 Å². The summed E-state index contributed by atoms with van der Waals surface area (Å²) >= 11 is 6.05. The molecule has 0 aliphatic carbocycles. The number of esters is 1. The molecule has 0 amide bonds. The number of ether oxygens (including phenoxy) is 3. The minimum Gasteiger partial charge on any atom is -0.493 e. The first kappa shape index (κ1) is 18.8. The predicted molar refractivity (Wildman–Crippen MR) is 100.0 cm³/mol. The molecule has 0 atom stereocenters. The predicted octanol–water partition coefficient (Wildman–Crippen LogP) is 4.30. The molecule has 0 N–H and O–H groups in total. The molecule has 0 unspecified atom stereocenters. The largest absolute Gasteiger partial charge is 0.493 e. The van der Waals surface area contributed by atoms with Gasteiger partial charge in [0.05, 0.1) is 20.6 Å². The minimum absolute atomic E-state index is 0.0140. The van der Waals surface area contributed by atoms with E-state index < -0.39 is 5.97 Å². The molecule has 3 rings (SSSR count). The number of nitrogens with zero attached hydrogens (tertiary/aromatic N) is 1. The van der Waals surface area contributed by atoms with Gasteiger partial charge in [-0.1, -0.05) is 35.0 Å². The van der Waals surface area contributed by atoms with E-state index in [-0.39, 0.29) is 13.0 Å². The van der Waals surface area contributed by atoms with Gasteiger partial charge in [0.15, 0.2) is 17.3 Å². The molecule has 140 valence electrons. The Hall–Kier alpha value is -2.99. The van der Waals surface area contributed by atoms with Crippen LogP contribution in [0.2, 0.25) is 5.02 Å². The monoisotopic (exact) mass is 387 g/mol. The second-order valence-electron chi connectivity index (χ2n) is 5.68. The summed E-state index contributed by atoms with van der Waals surface area (Å²) in [5.74, 6) is 1.35. The Morgan fingerprint density at radius 1 is 1.07 bits per heavy atom. The Kier molecular flexibility index (Phi) is 5.98. The lowest BCUT2D eigenvalue weighted by Gasteiger charge is -2.07. The van der Waals surface area contributed by atoms with Gasteiger partial charge in [0.1, 0.15) is 12.3 Å². The van der Waals surface area contributed by atoms with E-state index >= 15 is 0 Å². The first-order valence-electron chi connectivity index (χ1n) is 8.17. The van der Waals surface area contributed by atoms with E-state index in [1.807, 2.05) is 18.2 Å². The zero-order valence-corrected chi connectivity index (χ0v) is 15.7. The molecule has 0 saturated heterocycles. The Labute approximate surface area is 161 Å². The zero-order chi connectivity index (χ0) is 19.2. The van der Waals surface area contributed by atoms with Crippen molar-refractivity contribution in [2.24, 2.45) is 0 Å². The average Bonchev–Trinajstić information content (AvgIpc) is 3.16. The van der Waals surface area contributed by atoms with Crippen LogP contribution in [0.15, 0.2) is 53.1 Å². The second-order valence-corrected chi connectivity index (χ2v) is 6.09. The maximum Gasteiger partial charge on any atom is 0.310 e. The number of rotatable bonds is 7. The highest BCUT2D eigenvalue weighted by molar-refractivity contribution is 6.31. The van der Waals surface area contributed by atoms with Crippen LogP contribution in [0, 0.1) is 0 Å². The third-order valence-electron chi connectivity index (χ3n) is 3.90. The van der Waals surface area contributed by atoms with Crippen molar-refractivity contribution in [2.75, 3.05) is 14.2 Å². The van der Waals surface area contributed by atoms with Crippen molar-refractivity contribution in [1.29, 1.82) is 0 Å². The fraction of sp³-hybridized carbons (Fsp3) is 0.200. The van der Waals surface area contributed by atoms with Crippen LogP contribution in [-0.4, -0.2) is 25.3 Å². The molecule has 2 aromatic carbocycles. The van der Waals surface area contributed by atoms with Crippen molar-refractivity contribution in [3.8, 4) is 22.8 Å². The summed E-state index contributed by atoms with van der Waals surface area (Å²) in [6, 6.07) is 14.3. The number of aromatic nitrogens is 1. The second kappa shape index (κ2) is 8.60. The van der Waals surface area contributed by atoms with E-state index in [1.165, 1.54) is 0 Å². The van der Waals surface area contributed by atoms with Crippen LogP contribution in [0.3, 0.4) is 0 Å². The fourth-order valence-electron chi connectivity index (χ4n) is 2.51. The van der Waals surface area contributed by atoms with Gasteiger partial charge in [-0.25, -0.2) is 0 Å². The number of benzene rings is 2. The van der Waals surface area contributed by atoms with Crippen LogP contribution >= 0.6 is 11.6 Å². The van der Waals surface area contributed by atoms with E-state index in [1.54, 1.807) is 44.6 Å². The molecule has 1 aromatic heterocycles. The lowest BCUT2D eigenvalue weighted by Crippen LogP contribution is -2.08. The van der Waals surface area contributed by atoms with E-state index in [0.717, 1.165) is 11.1 Å². The molecule has 0 aliphatic heterocycles. The van der Waals surface area contributed by atoms with E-state index in [4.69, 9.17) is 30.3 Å². The minimum atomic E-state index is -0.390. The van der Waals surface area contributed by atoms with Crippen molar-refractivity contribution in [2.45, 2.75) is 13.0 Å². The highest BCUT2D eigenvalue weighted by atomic mass is 35.5. The van der Waals surface area contributed by atoms with Gasteiger partial charge in [0, 0.05) is 16.7 Å². The van der Waals surface area contributed by atoms with Gasteiger partial charge in [-0.3, -0.25) is 4.79 Å². The summed E-state index contributed by atoms with van der Waals surface area (Å²) in [6.07, 6.45) is 0.0973. The fourth-order valence-corrected chi connectivity index (χ4v) is 2.71. The Balaban J connectivity index is 1.63. The molecule has 1 heterocycles. The number of hydrogen-bond donors (Lipinski definition) is 0. The molecule has 27 heavy (non-hydrogen) atoms. The summed E-state index contributed by atoms with van der Waals surface area (Å²) in [4.78, 5) is 12.0. The Morgan fingerprint density at radius 3 is 2.59 bits per heavy atom. The van der Waals surface area contributed by atoms with Gasteiger partial charge in [0.2, 0.25) is 0 Å². The highest BCUT2D eigenvalue weighted by Gasteiger charge is 2.13. The van der Waals surface area contributed by atoms with Crippen LogP contribution in [-0.2, 0) is 22.6 Å². The number of hydrogen-bond acceptors (Lipinski definition) is 6. The number of methoxy groups -OCH3 is 2. The molecule has 0 aliphatic rings. The molecule has 0 radical (unpaired) electrons. The van der Waals surface area contributed by atoms with Crippen LogP contribution < -0.4 is 9.47 Å². The van der Waals surface area contributed by atoms with Crippen molar-refractivity contribution >= 4 is 17.6 Å². The highest BCUT2D eigenvalue weighted by Crippen LogP contribution is 2.32. The molecular formula is C20H18ClNO5. The maximum absolute atomic E-state index is 12.0. The number of carbonyl (C=O) groups is 1. The van der Waals surface area contributed by atoms with Crippen LogP contribution in [0.5, 0.6) is 11.5 Å². The lowest BCUT2D eigenvalue weighted by molar-refractivity contribution is -0.144. The third kappa shape index (κ3) is 4.60.